The van der Waals surface area contributed by atoms with Crippen molar-refractivity contribution in [1.29, 1.82) is 0 Å². The van der Waals surface area contributed by atoms with E-state index in [0.29, 0.717) is 0 Å². The van der Waals surface area contributed by atoms with Gasteiger partial charge in [-0.05, 0) is 42.5 Å². The Hall–Kier alpha value is -3.06. The number of imidazole rings is 1. The molecule has 0 unspecified atom stereocenters. The predicted molar refractivity (Wildman–Crippen MR) is 117 cm³/mol. The number of benzene rings is 2. The summed E-state index contributed by atoms with van der Waals surface area (Å²) in [7, 11) is 0. The average molecular weight is 463 g/mol. The topological polar surface area (TPSA) is 65.0 Å². The summed E-state index contributed by atoms with van der Waals surface area (Å²) >= 11 is 3.51. The minimum atomic E-state index is -0.100. The molecule has 1 aliphatic heterocycles. The zero-order valence-corrected chi connectivity index (χ0v) is 18.2. The second-order valence-electron chi connectivity index (χ2n) is 8.33. The van der Waals surface area contributed by atoms with Crippen molar-refractivity contribution in [2.45, 2.75) is 25.7 Å². The molecule has 30 heavy (non-hydrogen) atoms. The van der Waals surface area contributed by atoms with Crippen LogP contribution in [0, 0.1) is 0 Å². The lowest BCUT2D eigenvalue weighted by atomic mass is 9.77. The summed E-state index contributed by atoms with van der Waals surface area (Å²) in [5.41, 5.74) is 6.29. The highest BCUT2D eigenvalue weighted by molar-refractivity contribution is 9.10. The van der Waals surface area contributed by atoms with Gasteiger partial charge in [0.25, 0.3) is 0 Å². The molecule has 0 saturated carbocycles. The van der Waals surface area contributed by atoms with Crippen molar-refractivity contribution in [3.63, 3.8) is 0 Å². The van der Waals surface area contributed by atoms with Crippen molar-refractivity contribution in [2.24, 2.45) is 0 Å². The Kier molecular flexibility index (Phi) is 3.68. The SMILES string of the molecule is CC1(C)Cc2c(cnn2-c2ccc(Br)cc2)-c2nc(-c3ccc4c(c3)OCO4)[nH]c21. The van der Waals surface area contributed by atoms with Crippen molar-refractivity contribution in [2.75, 3.05) is 6.79 Å². The Balaban J connectivity index is 1.48. The fourth-order valence-electron chi connectivity index (χ4n) is 4.29. The minimum absolute atomic E-state index is 0.100. The number of fused-ring (bicyclic) bond motifs is 4. The van der Waals surface area contributed by atoms with Gasteiger partial charge in [0, 0.05) is 33.1 Å². The number of aromatic amines is 1. The second kappa shape index (κ2) is 6.22. The van der Waals surface area contributed by atoms with Crippen LogP contribution in [-0.4, -0.2) is 26.5 Å². The van der Waals surface area contributed by atoms with Gasteiger partial charge in [-0.1, -0.05) is 29.8 Å². The molecule has 0 fully saturated rings. The molecular formula is C23H19BrN4O2. The van der Waals surface area contributed by atoms with Gasteiger partial charge in [0.15, 0.2) is 11.5 Å². The summed E-state index contributed by atoms with van der Waals surface area (Å²) in [5, 5.41) is 4.70. The largest absolute Gasteiger partial charge is 0.454 e. The van der Waals surface area contributed by atoms with Crippen LogP contribution in [0.5, 0.6) is 11.5 Å². The Bertz CT molecular complexity index is 1290. The van der Waals surface area contributed by atoms with Crippen molar-refractivity contribution >= 4 is 15.9 Å². The number of ether oxygens (including phenoxy) is 2. The highest BCUT2D eigenvalue weighted by atomic mass is 79.9. The van der Waals surface area contributed by atoms with E-state index in [1.165, 1.54) is 5.69 Å². The van der Waals surface area contributed by atoms with Gasteiger partial charge >= 0.3 is 0 Å². The molecular weight excluding hydrogens is 444 g/mol. The lowest BCUT2D eigenvalue weighted by Gasteiger charge is -2.29. The van der Waals surface area contributed by atoms with Gasteiger partial charge in [-0.25, -0.2) is 9.67 Å². The molecule has 2 aromatic heterocycles. The summed E-state index contributed by atoms with van der Waals surface area (Å²) in [6.45, 7) is 4.75. The van der Waals surface area contributed by atoms with Crippen LogP contribution in [0.4, 0.5) is 0 Å². The van der Waals surface area contributed by atoms with Crippen LogP contribution in [0.15, 0.2) is 53.1 Å². The van der Waals surface area contributed by atoms with E-state index in [1.807, 2.05) is 41.2 Å². The van der Waals surface area contributed by atoms with Gasteiger partial charge in [0.1, 0.15) is 5.82 Å². The van der Waals surface area contributed by atoms with Gasteiger partial charge in [-0.2, -0.15) is 5.10 Å². The monoisotopic (exact) mass is 462 g/mol. The van der Waals surface area contributed by atoms with Gasteiger partial charge in [0.05, 0.1) is 23.3 Å². The first kappa shape index (κ1) is 17.8. The van der Waals surface area contributed by atoms with E-state index >= 15 is 0 Å². The summed E-state index contributed by atoms with van der Waals surface area (Å²) in [6.07, 6.45) is 2.80. The molecule has 0 bridgehead atoms. The lowest BCUT2D eigenvalue weighted by molar-refractivity contribution is 0.174. The van der Waals surface area contributed by atoms with Crippen molar-refractivity contribution in [3.05, 3.63) is 64.5 Å². The molecule has 7 heteroatoms. The summed E-state index contributed by atoms with van der Waals surface area (Å²) in [5.74, 6) is 2.36. The van der Waals surface area contributed by atoms with Gasteiger partial charge in [-0.15, -0.1) is 0 Å². The first-order valence-electron chi connectivity index (χ1n) is 9.83. The van der Waals surface area contributed by atoms with E-state index in [9.17, 15) is 0 Å². The zero-order chi connectivity index (χ0) is 20.5. The molecule has 6 rings (SSSR count). The number of halogens is 1. The van der Waals surface area contributed by atoms with Crippen molar-refractivity contribution in [1.82, 2.24) is 19.7 Å². The first-order chi connectivity index (χ1) is 14.5. The second-order valence-corrected chi connectivity index (χ2v) is 9.25. The number of H-pyrrole nitrogens is 1. The number of hydrogen-bond acceptors (Lipinski definition) is 4. The molecule has 3 heterocycles. The zero-order valence-electron chi connectivity index (χ0n) is 16.6. The smallest absolute Gasteiger partial charge is 0.231 e. The Morgan fingerprint density at radius 1 is 1.07 bits per heavy atom. The number of aromatic nitrogens is 4. The standard InChI is InChI=1S/C23H19BrN4O2/c1-23(2)10-17-16(11-25-28(17)15-6-4-14(24)5-7-15)20-21(23)27-22(26-20)13-3-8-18-19(9-13)30-12-29-18/h3-9,11H,10,12H2,1-2H3,(H,26,27). The van der Waals surface area contributed by atoms with Gasteiger partial charge < -0.3 is 14.5 Å². The number of nitrogens with one attached hydrogen (secondary N) is 1. The maximum Gasteiger partial charge on any atom is 0.231 e. The van der Waals surface area contributed by atoms with E-state index in [4.69, 9.17) is 19.6 Å². The van der Waals surface area contributed by atoms with E-state index in [-0.39, 0.29) is 12.2 Å². The fourth-order valence-corrected chi connectivity index (χ4v) is 4.56. The third-order valence-electron chi connectivity index (χ3n) is 5.83. The highest BCUT2D eigenvalue weighted by Crippen LogP contribution is 2.44. The first-order valence-corrected chi connectivity index (χ1v) is 10.6. The molecule has 1 N–H and O–H groups in total. The van der Waals surface area contributed by atoms with Crippen LogP contribution < -0.4 is 9.47 Å². The van der Waals surface area contributed by atoms with Crippen molar-refractivity contribution in [3.8, 4) is 39.8 Å². The molecule has 0 atom stereocenters. The average Bonchev–Trinajstić information content (AvgIpc) is 3.45. The van der Waals surface area contributed by atoms with E-state index < -0.39 is 0 Å². The minimum Gasteiger partial charge on any atom is -0.454 e. The molecule has 2 aromatic carbocycles. The van der Waals surface area contributed by atoms with Crippen molar-refractivity contribution < 1.29 is 9.47 Å². The van der Waals surface area contributed by atoms with Crippen LogP contribution in [0.1, 0.15) is 25.2 Å². The van der Waals surface area contributed by atoms with Crippen LogP contribution in [0.2, 0.25) is 0 Å². The van der Waals surface area contributed by atoms with Crippen LogP contribution in [-0.2, 0) is 11.8 Å². The Morgan fingerprint density at radius 3 is 2.70 bits per heavy atom. The molecule has 1 aliphatic carbocycles. The van der Waals surface area contributed by atoms with Gasteiger partial charge in [0.2, 0.25) is 6.79 Å². The van der Waals surface area contributed by atoms with Crippen LogP contribution in [0.25, 0.3) is 28.3 Å². The number of hydrogen-bond donors (Lipinski definition) is 1. The summed E-state index contributed by atoms with van der Waals surface area (Å²) < 4.78 is 14.1. The maximum atomic E-state index is 5.54. The predicted octanol–water partition coefficient (Wildman–Crippen LogP) is 5.25. The molecule has 150 valence electrons. The van der Waals surface area contributed by atoms with E-state index in [2.05, 4.69) is 46.9 Å². The lowest BCUT2D eigenvalue weighted by Crippen LogP contribution is -2.27. The number of rotatable bonds is 2. The molecule has 0 saturated heterocycles. The molecule has 6 nitrogen and oxygen atoms in total. The molecule has 2 aliphatic rings. The van der Waals surface area contributed by atoms with Crippen LogP contribution >= 0.6 is 15.9 Å². The molecule has 4 aromatic rings. The van der Waals surface area contributed by atoms with Gasteiger partial charge in [-0.3, -0.25) is 0 Å². The molecule has 0 radical (unpaired) electrons. The third kappa shape index (κ3) is 2.61. The highest BCUT2D eigenvalue weighted by Gasteiger charge is 2.37. The maximum absolute atomic E-state index is 5.54. The molecule has 0 amide bonds. The number of nitrogens with zero attached hydrogens (tertiary/aromatic N) is 3. The summed E-state index contributed by atoms with van der Waals surface area (Å²) in [6, 6.07) is 14.1. The fraction of sp³-hybridized carbons (Fsp3) is 0.217. The summed E-state index contributed by atoms with van der Waals surface area (Å²) in [4.78, 5) is 8.57. The van der Waals surface area contributed by atoms with Crippen LogP contribution in [0.3, 0.4) is 0 Å². The molecule has 0 spiro atoms. The Morgan fingerprint density at radius 2 is 1.87 bits per heavy atom. The van der Waals surface area contributed by atoms with E-state index in [1.54, 1.807) is 0 Å². The Labute approximate surface area is 182 Å². The third-order valence-corrected chi connectivity index (χ3v) is 6.36. The quantitative estimate of drug-likeness (QED) is 0.441. The van der Waals surface area contributed by atoms with E-state index in [0.717, 1.165) is 56.4 Å². The normalized spacial score (nSPS) is 15.7.